The van der Waals surface area contributed by atoms with Gasteiger partial charge in [0.25, 0.3) is 5.56 Å². The van der Waals surface area contributed by atoms with Crippen molar-refractivity contribution in [3.8, 4) is 5.75 Å². The average Bonchev–Trinajstić information content (AvgIpc) is 3.14. The van der Waals surface area contributed by atoms with Crippen molar-refractivity contribution in [2.45, 2.75) is 51.6 Å². The summed E-state index contributed by atoms with van der Waals surface area (Å²) in [6.45, 7) is 2.98. The number of fused-ring (bicyclic) bond motifs is 1. The number of aromatic nitrogens is 3. The molecule has 1 saturated heterocycles. The highest BCUT2D eigenvalue weighted by Gasteiger charge is 2.29. The van der Waals surface area contributed by atoms with Crippen molar-refractivity contribution in [1.82, 2.24) is 19.4 Å². The van der Waals surface area contributed by atoms with Gasteiger partial charge in [0, 0.05) is 31.3 Å². The van der Waals surface area contributed by atoms with Crippen molar-refractivity contribution in [3.05, 3.63) is 58.3 Å². The molecule has 4 rings (SSSR count). The van der Waals surface area contributed by atoms with Crippen LogP contribution in [0.25, 0.3) is 11.0 Å². The van der Waals surface area contributed by atoms with Crippen LogP contribution in [0, 0.1) is 6.92 Å². The Morgan fingerprint density at radius 3 is 2.90 bits per heavy atom. The topological polar surface area (TPSA) is 91.2 Å². The molecule has 1 aromatic carbocycles. The van der Waals surface area contributed by atoms with Crippen molar-refractivity contribution < 1.29 is 9.90 Å². The van der Waals surface area contributed by atoms with Crippen LogP contribution in [0.1, 0.15) is 49.7 Å². The Balaban J connectivity index is 1.44. The number of nitrogens with zero attached hydrogens (tertiary/aromatic N) is 3. The molecule has 1 amide bonds. The Morgan fingerprint density at radius 1 is 1.28 bits per heavy atom. The number of para-hydroxylation sites is 2. The maximum atomic E-state index is 13.0. The Morgan fingerprint density at radius 2 is 2.10 bits per heavy atom. The van der Waals surface area contributed by atoms with Crippen molar-refractivity contribution in [2.24, 2.45) is 0 Å². The van der Waals surface area contributed by atoms with E-state index < -0.39 is 0 Å². The third-order valence-electron chi connectivity index (χ3n) is 5.64. The first-order chi connectivity index (χ1) is 14.0. The molecule has 0 radical (unpaired) electrons. The van der Waals surface area contributed by atoms with E-state index >= 15 is 0 Å². The molecule has 3 aromatic rings. The molecule has 7 heteroatoms. The van der Waals surface area contributed by atoms with Gasteiger partial charge in [-0.05, 0) is 50.8 Å². The number of H-pyrrole nitrogens is 1. The molecule has 2 N–H and O–H groups in total. The molecule has 0 aliphatic carbocycles. The van der Waals surface area contributed by atoms with Crippen LogP contribution >= 0.6 is 0 Å². The third kappa shape index (κ3) is 4.04. The number of nitrogens with one attached hydrogen (secondary N) is 1. The quantitative estimate of drug-likeness (QED) is 0.695. The minimum absolute atomic E-state index is 0.0261. The number of aromatic hydroxyl groups is 1. The number of likely N-dealkylation sites (tertiary alicyclic amines) is 1. The van der Waals surface area contributed by atoms with Gasteiger partial charge in [0.2, 0.25) is 5.91 Å². The van der Waals surface area contributed by atoms with E-state index in [-0.39, 0.29) is 23.3 Å². The van der Waals surface area contributed by atoms with Gasteiger partial charge in [0.05, 0.1) is 17.1 Å². The van der Waals surface area contributed by atoms with Gasteiger partial charge in [-0.1, -0.05) is 12.1 Å². The summed E-state index contributed by atoms with van der Waals surface area (Å²) in [4.78, 5) is 35.0. The zero-order valence-electron chi connectivity index (χ0n) is 16.6. The normalized spacial score (nSPS) is 17.0. The van der Waals surface area contributed by atoms with Crippen molar-refractivity contribution in [1.29, 1.82) is 0 Å². The summed E-state index contributed by atoms with van der Waals surface area (Å²) in [7, 11) is 0. The van der Waals surface area contributed by atoms with Crippen LogP contribution in [0.15, 0.2) is 41.2 Å². The number of benzene rings is 1. The monoisotopic (exact) mass is 394 g/mol. The maximum Gasteiger partial charge on any atom is 0.254 e. The number of piperidine rings is 1. The zero-order valence-corrected chi connectivity index (χ0v) is 16.6. The molecule has 0 saturated carbocycles. The lowest BCUT2D eigenvalue weighted by Gasteiger charge is -2.34. The molecule has 1 atom stereocenters. The molecule has 0 bridgehead atoms. The number of aromatic amines is 1. The van der Waals surface area contributed by atoms with Gasteiger partial charge in [-0.25, -0.2) is 4.98 Å². The van der Waals surface area contributed by atoms with Gasteiger partial charge in [0.1, 0.15) is 11.6 Å². The van der Waals surface area contributed by atoms with Crippen LogP contribution in [0.2, 0.25) is 0 Å². The van der Waals surface area contributed by atoms with Gasteiger partial charge < -0.3 is 19.6 Å². The second-order valence-corrected chi connectivity index (χ2v) is 7.69. The van der Waals surface area contributed by atoms with E-state index in [0.717, 1.165) is 42.7 Å². The van der Waals surface area contributed by atoms with Gasteiger partial charge in [-0.2, -0.15) is 0 Å². The largest absolute Gasteiger partial charge is 0.508 e. The molecule has 2 aromatic heterocycles. The lowest BCUT2D eigenvalue weighted by Crippen LogP contribution is -2.39. The molecule has 0 spiro atoms. The first kappa shape index (κ1) is 19.2. The highest BCUT2D eigenvalue weighted by atomic mass is 16.3. The summed E-state index contributed by atoms with van der Waals surface area (Å²) in [5, 5.41) is 9.51. The molecule has 3 heterocycles. The number of hydrogen-bond acceptors (Lipinski definition) is 4. The number of imidazole rings is 1. The minimum atomic E-state index is -0.243. The van der Waals surface area contributed by atoms with E-state index in [4.69, 9.17) is 4.98 Å². The zero-order chi connectivity index (χ0) is 20.4. The first-order valence-electron chi connectivity index (χ1n) is 10.2. The highest BCUT2D eigenvalue weighted by Crippen LogP contribution is 2.31. The summed E-state index contributed by atoms with van der Waals surface area (Å²) in [5.74, 6) is 0.923. The van der Waals surface area contributed by atoms with E-state index in [1.807, 2.05) is 29.2 Å². The predicted molar refractivity (Wildman–Crippen MR) is 111 cm³/mol. The number of aryl methyl sites for hydroxylation is 1. The number of hydrogen-bond donors (Lipinski definition) is 2. The predicted octanol–water partition coefficient (Wildman–Crippen LogP) is 3.27. The fourth-order valence-electron chi connectivity index (χ4n) is 4.18. The first-order valence-corrected chi connectivity index (χ1v) is 10.2. The fourth-order valence-corrected chi connectivity index (χ4v) is 4.18. The van der Waals surface area contributed by atoms with Gasteiger partial charge in [-0.3, -0.25) is 9.59 Å². The molecule has 7 nitrogen and oxygen atoms in total. The Kier molecular flexibility index (Phi) is 5.38. The Bertz CT molecular complexity index is 1050. The van der Waals surface area contributed by atoms with Crippen molar-refractivity contribution in [2.75, 3.05) is 6.54 Å². The number of carbonyl (C=O) groups is 1. The highest BCUT2D eigenvalue weighted by molar-refractivity contribution is 5.78. The SMILES string of the molecule is Cc1cc(O)cc(=O)n1CCCC(=O)N1CCCC[C@H]1c1nc2ccccc2[nH]1. The Labute approximate surface area is 169 Å². The van der Waals surface area contributed by atoms with E-state index in [9.17, 15) is 14.7 Å². The van der Waals surface area contributed by atoms with Crippen molar-refractivity contribution >= 4 is 16.9 Å². The molecule has 1 aliphatic rings. The molecule has 152 valence electrons. The Hall–Kier alpha value is -3.09. The second kappa shape index (κ2) is 8.11. The number of rotatable bonds is 5. The standard InChI is InChI=1S/C22H26N4O3/c1-15-13-16(27)14-21(29)25(15)12-6-10-20(28)26-11-5-4-9-19(26)22-23-17-7-2-3-8-18(17)24-22/h2-3,7-8,13-14,19,27H,4-6,9-12H2,1H3,(H,23,24)/t19-/m0/s1. The van der Waals surface area contributed by atoms with Crippen LogP contribution < -0.4 is 5.56 Å². The average molecular weight is 394 g/mol. The van der Waals surface area contributed by atoms with Crippen LogP contribution in [-0.4, -0.2) is 37.0 Å². The third-order valence-corrected chi connectivity index (χ3v) is 5.64. The summed E-state index contributed by atoms with van der Waals surface area (Å²) in [6, 6.07) is 10.6. The smallest absolute Gasteiger partial charge is 0.254 e. The van der Waals surface area contributed by atoms with Gasteiger partial charge >= 0.3 is 0 Å². The van der Waals surface area contributed by atoms with E-state index in [1.54, 1.807) is 17.6 Å². The van der Waals surface area contributed by atoms with Gasteiger partial charge in [0.15, 0.2) is 0 Å². The van der Waals surface area contributed by atoms with Gasteiger partial charge in [-0.15, -0.1) is 0 Å². The maximum absolute atomic E-state index is 13.0. The number of pyridine rings is 1. The van der Waals surface area contributed by atoms with E-state index in [2.05, 4.69) is 4.98 Å². The van der Waals surface area contributed by atoms with Crippen LogP contribution in [-0.2, 0) is 11.3 Å². The second-order valence-electron chi connectivity index (χ2n) is 7.69. The lowest BCUT2D eigenvalue weighted by molar-refractivity contribution is -0.135. The van der Waals surface area contributed by atoms with Crippen LogP contribution in [0.4, 0.5) is 0 Å². The molecule has 29 heavy (non-hydrogen) atoms. The van der Waals surface area contributed by atoms with E-state index in [1.165, 1.54) is 6.07 Å². The molecule has 0 unspecified atom stereocenters. The summed E-state index contributed by atoms with van der Waals surface area (Å²) in [5.41, 5.74) is 2.36. The molecular formula is C22H26N4O3. The van der Waals surface area contributed by atoms with Crippen molar-refractivity contribution in [3.63, 3.8) is 0 Å². The van der Waals surface area contributed by atoms with E-state index in [0.29, 0.717) is 25.1 Å². The fraction of sp³-hybridized carbons (Fsp3) is 0.409. The number of amides is 1. The molecule has 1 fully saturated rings. The minimum Gasteiger partial charge on any atom is -0.508 e. The summed E-state index contributed by atoms with van der Waals surface area (Å²) >= 11 is 0. The van der Waals surface area contributed by atoms with Crippen LogP contribution in [0.3, 0.4) is 0 Å². The summed E-state index contributed by atoms with van der Waals surface area (Å²) in [6.07, 6.45) is 3.94. The number of carbonyl (C=O) groups excluding carboxylic acids is 1. The molecular weight excluding hydrogens is 368 g/mol. The molecule has 1 aliphatic heterocycles. The van der Waals surface area contributed by atoms with Crippen LogP contribution in [0.5, 0.6) is 5.75 Å². The summed E-state index contributed by atoms with van der Waals surface area (Å²) < 4.78 is 1.60. The lowest BCUT2D eigenvalue weighted by atomic mass is 10.0.